The molecule has 2 aliphatic heterocycles. The molecule has 4 heterocycles. The number of para-hydroxylation sites is 4. The number of anilines is 6. The quantitative estimate of drug-likeness (QED) is 0.144. The van der Waals surface area contributed by atoms with Gasteiger partial charge in [0.25, 0.3) is 6.71 Å². The Morgan fingerprint density at radius 2 is 0.828 bits per heavy atom. The van der Waals surface area contributed by atoms with Crippen molar-refractivity contribution >= 4 is 79.0 Å². The number of fused-ring (bicyclic) bond motifs is 4. The summed E-state index contributed by atoms with van der Waals surface area (Å²) in [6, 6.07) is 58.1. The summed E-state index contributed by atoms with van der Waals surface area (Å²) < 4.78 is 5.22. The van der Waals surface area contributed by atoms with E-state index in [4.69, 9.17) is 0 Å². The van der Waals surface area contributed by atoms with Crippen LogP contribution in [-0.2, 0) is 6.42 Å². The van der Waals surface area contributed by atoms with Gasteiger partial charge in [0.05, 0.1) is 22.4 Å². The van der Waals surface area contributed by atoms with Crippen molar-refractivity contribution in [2.45, 2.75) is 47.5 Å². The standard InChI is InChI=1S/C53H45BN4/c1-6-19-38-32-47-51-48(33-38)56-37(5)35(3)50-46(58(41-24-15-9-16-25-41)42-26-17-10-18-27-42)31-29-44(53(50)56)54(51)43-28-30-45(49-34(2)36(4)55(47)52(43)49)57(39-20-11-7-12-21-39)40-22-13-8-14-23-40/h7-18,20-33H,6,19H2,1-5H3. The first kappa shape index (κ1) is 34.5. The summed E-state index contributed by atoms with van der Waals surface area (Å²) in [6.07, 6.45) is 2.12. The molecule has 0 atom stereocenters. The van der Waals surface area contributed by atoms with E-state index in [9.17, 15) is 0 Å². The molecular weight excluding hydrogens is 703 g/mol. The van der Waals surface area contributed by atoms with Crippen LogP contribution in [0.5, 0.6) is 0 Å². The van der Waals surface area contributed by atoms with Crippen molar-refractivity contribution in [1.82, 2.24) is 9.13 Å². The van der Waals surface area contributed by atoms with Gasteiger partial charge in [-0.25, -0.2) is 0 Å². The van der Waals surface area contributed by atoms with Crippen LogP contribution in [0.1, 0.15) is 41.4 Å². The Bertz CT molecular complexity index is 2770. The fourth-order valence-corrected chi connectivity index (χ4v) is 10.3. The van der Waals surface area contributed by atoms with E-state index in [1.54, 1.807) is 0 Å². The van der Waals surface area contributed by atoms with E-state index in [1.165, 1.54) is 89.0 Å². The summed E-state index contributed by atoms with van der Waals surface area (Å²) in [4.78, 5) is 4.88. The SMILES string of the molecule is CCCc1cc2c3c(c1)-n1c(C)c(C)c4c(N(c5ccccc5)c5ccccc5)ccc(c41)B3c1ccc(N(c3ccccc3)c3ccccc3)c3c(C)c(C)n-2c13. The maximum atomic E-state index is 2.61. The van der Waals surface area contributed by atoms with Gasteiger partial charge < -0.3 is 18.9 Å². The number of hydrogen-bond donors (Lipinski definition) is 0. The smallest absolute Gasteiger partial charge is 0.252 e. The Balaban J connectivity index is 1.24. The number of aromatic nitrogens is 2. The van der Waals surface area contributed by atoms with Gasteiger partial charge >= 0.3 is 0 Å². The zero-order valence-corrected chi connectivity index (χ0v) is 33.8. The van der Waals surface area contributed by atoms with Crippen molar-refractivity contribution in [3.05, 3.63) is 186 Å². The maximum Gasteiger partial charge on any atom is 0.252 e. The van der Waals surface area contributed by atoms with E-state index in [2.05, 4.69) is 211 Å². The summed E-state index contributed by atoms with van der Waals surface area (Å²) in [6.45, 7) is 11.7. The first-order chi connectivity index (χ1) is 28.5. The number of rotatable bonds is 8. The van der Waals surface area contributed by atoms with Gasteiger partial charge in [0.2, 0.25) is 0 Å². The van der Waals surface area contributed by atoms with Crippen LogP contribution in [0.4, 0.5) is 34.1 Å². The van der Waals surface area contributed by atoms with Crippen molar-refractivity contribution < 1.29 is 0 Å². The summed E-state index contributed by atoms with van der Waals surface area (Å²) in [5.41, 5.74) is 23.1. The maximum absolute atomic E-state index is 2.61. The molecule has 5 heteroatoms. The highest BCUT2D eigenvalue weighted by Crippen LogP contribution is 2.46. The van der Waals surface area contributed by atoms with Crippen molar-refractivity contribution in [3.63, 3.8) is 0 Å². The molecule has 0 spiro atoms. The molecule has 0 saturated carbocycles. The van der Waals surface area contributed by atoms with Crippen LogP contribution in [-0.4, -0.2) is 15.8 Å². The molecule has 0 saturated heterocycles. The first-order valence-electron chi connectivity index (χ1n) is 20.7. The Morgan fingerprint density at radius 1 is 0.466 bits per heavy atom. The minimum Gasteiger partial charge on any atom is -0.314 e. The molecule has 7 aromatic carbocycles. The molecular formula is C53H45BN4. The van der Waals surface area contributed by atoms with Gasteiger partial charge in [-0.15, -0.1) is 0 Å². The van der Waals surface area contributed by atoms with Gasteiger partial charge in [0, 0.05) is 56.3 Å². The van der Waals surface area contributed by atoms with Crippen LogP contribution in [0.15, 0.2) is 158 Å². The fraction of sp³-hybridized carbons (Fsp3) is 0.132. The van der Waals surface area contributed by atoms with Crippen molar-refractivity contribution in [1.29, 1.82) is 0 Å². The lowest BCUT2D eigenvalue weighted by Crippen LogP contribution is -2.59. The lowest BCUT2D eigenvalue weighted by Gasteiger charge is -2.36. The Hall–Kier alpha value is -6.72. The molecule has 0 unspecified atom stereocenters. The molecule has 0 radical (unpaired) electrons. The average molecular weight is 749 g/mol. The van der Waals surface area contributed by atoms with E-state index in [-0.39, 0.29) is 6.71 Å². The number of benzene rings is 7. The van der Waals surface area contributed by atoms with Crippen LogP contribution < -0.4 is 26.2 Å². The zero-order valence-electron chi connectivity index (χ0n) is 33.8. The van der Waals surface area contributed by atoms with Crippen molar-refractivity contribution in [2.75, 3.05) is 9.80 Å². The number of aryl methyl sites for hydroxylation is 3. The predicted molar refractivity (Wildman–Crippen MR) is 247 cm³/mol. The molecule has 9 aromatic rings. The molecule has 2 aliphatic rings. The third-order valence-corrected chi connectivity index (χ3v) is 13.0. The molecule has 280 valence electrons. The summed E-state index contributed by atoms with van der Waals surface area (Å²) in [5.74, 6) is 0. The topological polar surface area (TPSA) is 16.3 Å². The van der Waals surface area contributed by atoms with Gasteiger partial charge in [0.15, 0.2) is 0 Å². The Kier molecular flexibility index (Phi) is 7.84. The highest BCUT2D eigenvalue weighted by atomic mass is 15.2. The largest absolute Gasteiger partial charge is 0.314 e. The second-order valence-corrected chi connectivity index (χ2v) is 16.1. The van der Waals surface area contributed by atoms with Crippen LogP contribution >= 0.6 is 0 Å². The van der Waals surface area contributed by atoms with E-state index in [0.717, 1.165) is 35.6 Å². The Morgan fingerprint density at radius 3 is 1.17 bits per heavy atom. The van der Waals surface area contributed by atoms with E-state index >= 15 is 0 Å². The lowest BCUT2D eigenvalue weighted by molar-refractivity contribution is 0.911. The van der Waals surface area contributed by atoms with Crippen LogP contribution in [0.3, 0.4) is 0 Å². The molecule has 2 aromatic heterocycles. The van der Waals surface area contributed by atoms with Gasteiger partial charge in [-0.05, 0) is 140 Å². The first-order valence-corrected chi connectivity index (χ1v) is 20.7. The Labute approximate surface area is 341 Å². The molecule has 11 rings (SSSR count). The third-order valence-electron chi connectivity index (χ3n) is 13.0. The van der Waals surface area contributed by atoms with Gasteiger partial charge in [0.1, 0.15) is 0 Å². The van der Waals surface area contributed by atoms with E-state index in [1.807, 2.05) is 0 Å². The summed E-state index contributed by atoms with van der Waals surface area (Å²) in [5, 5.41) is 2.63. The monoisotopic (exact) mass is 748 g/mol. The van der Waals surface area contributed by atoms with E-state index < -0.39 is 0 Å². The summed E-state index contributed by atoms with van der Waals surface area (Å²) in [7, 11) is 0. The molecule has 0 bridgehead atoms. The minimum absolute atomic E-state index is 0.0694. The van der Waals surface area contributed by atoms with Crippen LogP contribution in [0.2, 0.25) is 0 Å². The van der Waals surface area contributed by atoms with Gasteiger partial charge in [-0.3, -0.25) is 0 Å². The molecule has 0 fully saturated rings. The normalized spacial score (nSPS) is 12.3. The number of hydrogen-bond acceptors (Lipinski definition) is 2. The van der Waals surface area contributed by atoms with Gasteiger partial charge in [-0.1, -0.05) is 98.3 Å². The van der Waals surface area contributed by atoms with Gasteiger partial charge in [-0.2, -0.15) is 0 Å². The zero-order chi connectivity index (χ0) is 39.2. The van der Waals surface area contributed by atoms with Crippen molar-refractivity contribution in [2.24, 2.45) is 0 Å². The average Bonchev–Trinajstić information content (AvgIpc) is 3.69. The molecule has 0 aliphatic carbocycles. The second-order valence-electron chi connectivity index (χ2n) is 16.1. The summed E-state index contributed by atoms with van der Waals surface area (Å²) >= 11 is 0. The minimum atomic E-state index is 0.0694. The van der Waals surface area contributed by atoms with E-state index in [0.29, 0.717) is 0 Å². The molecule has 0 N–H and O–H groups in total. The second kappa shape index (κ2) is 13.2. The molecule has 4 nitrogen and oxygen atoms in total. The van der Waals surface area contributed by atoms with Crippen LogP contribution in [0.25, 0.3) is 33.2 Å². The van der Waals surface area contributed by atoms with Crippen molar-refractivity contribution in [3.8, 4) is 11.4 Å². The molecule has 58 heavy (non-hydrogen) atoms. The third kappa shape index (κ3) is 4.83. The highest BCUT2D eigenvalue weighted by Gasteiger charge is 2.42. The fourth-order valence-electron chi connectivity index (χ4n) is 10.3. The molecule has 0 amide bonds. The van der Waals surface area contributed by atoms with Crippen LogP contribution in [0, 0.1) is 27.7 Å². The highest BCUT2D eigenvalue weighted by molar-refractivity contribution is 7.00. The predicted octanol–water partition coefficient (Wildman–Crippen LogP) is 11.8. The lowest BCUT2D eigenvalue weighted by atomic mass is 9.34. The number of nitrogens with zero attached hydrogens (tertiary/aromatic N) is 4.